The molecule has 2 heteroatoms. The Morgan fingerprint density at radius 2 is 1.73 bits per heavy atom. The van der Waals surface area contributed by atoms with E-state index < -0.39 is 0 Å². The standard InChI is InChI=1S/C9H16O2/c1-6-8(2,3)9(4,5)7(10)11-6/h6H,1-5H3. The molecule has 1 atom stereocenters. The van der Waals surface area contributed by atoms with Gasteiger partial charge in [0.15, 0.2) is 0 Å². The van der Waals surface area contributed by atoms with Crippen LogP contribution in [0.3, 0.4) is 0 Å². The van der Waals surface area contributed by atoms with Crippen molar-refractivity contribution in [2.24, 2.45) is 10.8 Å². The van der Waals surface area contributed by atoms with Crippen LogP contribution in [-0.2, 0) is 9.53 Å². The molecular weight excluding hydrogens is 140 g/mol. The van der Waals surface area contributed by atoms with E-state index in [9.17, 15) is 4.79 Å². The summed E-state index contributed by atoms with van der Waals surface area (Å²) in [7, 11) is 0. The predicted octanol–water partition coefficient (Wildman–Crippen LogP) is 1.98. The lowest BCUT2D eigenvalue weighted by molar-refractivity contribution is -0.147. The molecule has 1 aliphatic rings. The summed E-state index contributed by atoms with van der Waals surface area (Å²) < 4.78 is 5.15. The van der Waals surface area contributed by atoms with Crippen LogP contribution in [0.1, 0.15) is 34.6 Å². The summed E-state index contributed by atoms with van der Waals surface area (Å²) in [6, 6.07) is 0. The summed E-state index contributed by atoms with van der Waals surface area (Å²) in [5.41, 5.74) is -0.392. The van der Waals surface area contributed by atoms with Crippen LogP contribution in [0.4, 0.5) is 0 Å². The summed E-state index contributed by atoms with van der Waals surface area (Å²) in [4.78, 5) is 11.3. The highest BCUT2D eigenvalue weighted by atomic mass is 16.6. The Balaban J connectivity index is 3.04. The smallest absolute Gasteiger partial charge is 0.312 e. The van der Waals surface area contributed by atoms with Gasteiger partial charge in [-0.3, -0.25) is 4.79 Å². The Morgan fingerprint density at radius 1 is 1.27 bits per heavy atom. The minimum absolute atomic E-state index is 0.0324. The third-order valence-electron chi connectivity index (χ3n) is 3.42. The monoisotopic (exact) mass is 156 g/mol. The van der Waals surface area contributed by atoms with Crippen molar-refractivity contribution in [2.75, 3.05) is 0 Å². The van der Waals surface area contributed by atoms with Gasteiger partial charge < -0.3 is 4.74 Å². The van der Waals surface area contributed by atoms with Gasteiger partial charge in [-0.2, -0.15) is 0 Å². The quantitative estimate of drug-likeness (QED) is 0.501. The van der Waals surface area contributed by atoms with E-state index in [0.29, 0.717) is 0 Å². The van der Waals surface area contributed by atoms with Gasteiger partial charge in [0.25, 0.3) is 0 Å². The lowest BCUT2D eigenvalue weighted by Gasteiger charge is -2.31. The van der Waals surface area contributed by atoms with Crippen LogP contribution < -0.4 is 0 Å². The molecule has 64 valence electrons. The molecule has 0 aromatic carbocycles. The van der Waals surface area contributed by atoms with Crippen molar-refractivity contribution in [1.29, 1.82) is 0 Å². The van der Waals surface area contributed by atoms with Gasteiger partial charge in [-0.15, -0.1) is 0 Å². The van der Waals surface area contributed by atoms with E-state index in [2.05, 4.69) is 13.8 Å². The first-order valence-electron chi connectivity index (χ1n) is 4.01. The van der Waals surface area contributed by atoms with E-state index in [1.807, 2.05) is 20.8 Å². The molecule has 0 bridgehead atoms. The molecule has 1 unspecified atom stereocenters. The van der Waals surface area contributed by atoms with Crippen LogP contribution in [-0.4, -0.2) is 12.1 Å². The Morgan fingerprint density at radius 3 is 1.82 bits per heavy atom. The first-order valence-corrected chi connectivity index (χ1v) is 4.01. The normalized spacial score (nSPS) is 33.5. The van der Waals surface area contributed by atoms with Crippen molar-refractivity contribution in [3.8, 4) is 0 Å². The third-order valence-corrected chi connectivity index (χ3v) is 3.42. The van der Waals surface area contributed by atoms with Crippen LogP contribution in [0.5, 0.6) is 0 Å². The van der Waals surface area contributed by atoms with Crippen molar-refractivity contribution < 1.29 is 9.53 Å². The number of hydrogen-bond acceptors (Lipinski definition) is 2. The molecular formula is C9H16O2. The molecule has 1 fully saturated rings. The van der Waals surface area contributed by atoms with Gasteiger partial charge in [0.05, 0.1) is 5.41 Å². The van der Waals surface area contributed by atoms with Gasteiger partial charge in [-0.25, -0.2) is 0 Å². The van der Waals surface area contributed by atoms with Gasteiger partial charge in [-0.05, 0) is 20.8 Å². The predicted molar refractivity (Wildman–Crippen MR) is 43.1 cm³/mol. The van der Waals surface area contributed by atoms with Crippen LogP contribution in [0.25, 0.3) is 0 Å². The maximum atomic E-state index is 11.3. The molecule has 0 N–H and O–H groups in total. The summed E-state index contributed by atoms with van der Waals surface area (Å²) in [6.07, 6.45) is 0.0324. The van der Waals surface area contributed by atoms with E-state index in [0.717, 1.165) is 0 Å². The van der Waals surface area contributed by atoms with Crippen molar-refractivity contribution >= 4 is 5.97 Å². The topological polar surface area (TPSA) is 26.3 Å². The minimum atomic E-state index is -0.341. The molecule has 0 aliphatic carbocycles. The number of hydrogen-bond donors (Lipinski definition) is 0. The molecule has 1 saturated heterocycles. The fourth-order valence-electron chi connectivity index (χ4n) is 1.23. The molecule has 0 saturated carbocycles. The largest absolute Gasteiger partial charge is 0.462 e. The van der Waals surface area contributed by atoms with E-state index in [-0.39, 0.29) is 22.9 Å². The molecule has 0 aromatic heterocycles. The average molecular weight is 156 g/mol. The second kappa shape index (κ2) is 1.99. The van der Waals surface area contributed by atoms with Crippen molar-refractivity contribution in [3.05, 3.63) is 0 Å². The number of cyclic esters (lactones) is 1. The lowest BCUT2D eigenvalue weighted by atomic mass is 9.67. The highest BCUT2D eigenvalue weighted by Crippen LogP contribution is 2.48. The second-order valence-corrected chi connectivity index (χ2v) is 4.39. The zero-order chi connectivity index (χ0) is 8.86. The van der Waals surface area contributed by atoms with Crippen molar-refractivity contribution in [3.63, 3.8) is 0 Å². The summed E-state index contributed by atoms with van der Waals surface area (Å²) in [6.45, 7) is 9.98. The van der Waals surface area contributed by atoms with Crippen molar-refractivity contribution in [2.45, 2.75) is 40.7 Å². The van der Waals surface area contributed by atoms with E-state index >= 15 is 0 Å². The Kier molecular flexibility index (Phi) is 1.55. The van der Waals surface area contributed by atoms with Crippen LogP contribution in [0.15, 0.2) is 0 Å². The highest BCUT2D eigenvalue weighted by molar-refractivity contribution is 5.79. The Labute approximate surface area is 67.9 Å². The first-order chi connectivity index (χ1) is 4.80. The Bertz CT molecular complexity index is 192. The molecule has 1 rings (SSSR count). The van der Waals surface area contributed by atoms with Gasteiger partial charge >= 0.3 is 5.97 Å². The molecule has 0 radical (unpaired) electrons. The van der Waals surface area contributed by atoms with Gasteiger partial charge in [-0.1, -0.05) is 13.8 Å². The van der Waals surface area contributed by atoms with Gasteiger partial charge in [0.1, 0.15) is 6.10 Å². The van der Waals surface area contributed by atoms with E-state index in [1.165, 1.54) is 0 Å². The molecule has 0 amide bonds. The number of rotatable bonds is 0. The summed E-state index contributed by atoms with van der Waals surface area (Å²) in [5, 5.41) is 0. The van der Waals surface area contributed by atoms with E-state index in [4.69, 9.17) is 4.74 Å². The van der Waals surface area contributed by atoms with Gasteiger partial charge in [0, 0.05) is 5.41 Å². The SMILES string of the molecule is CC1OC(=O)C(C)(C)C1(C)C. The molecule has 11 heavy (non-hydrogen) atoms. The number of ether oxygens (including phenoxy) is 1. The number of esters is 1. The van der Waals surface area contributed by atoms with E-state index in [1.54, 1.807) is 0 Å². The highest BCUT2D eigenvalue weighted by Gasteiger charge is 2.55. The molecule has 1 heterocycles. The maximum absolute atomic E-state index is 11.3. The van der Waals surface area contributed by atoms with Crippen LogP contribution in [0.2, 0.25) is 0 Å². The molecule has 0 aromatic rings. The molecule has 0 spiro atoms. The third kappa shape index (κ3) is 0.883. The fourth-order valence-corrected chi connectivity index (χ4v) is 1.23. The maximum Gasteiger partial charge on any atom is 0.312 e. The van der Waals surface area contributed by atoms with Crippen LogP contribution in [0, 0.1) is 10.8 Å². The average Bonchev–Trinajstić information content (AvgIpc) is 1.95. The zero-order valence-corrected chi connectivity index (χ0v) is 7.89. The molecule has 1 aliphatic heterocycles. The molecule has 2 nitrogen and oxygen atoms in total. The number of carbonyl (C=O) groups is 1. The second-order valence-electron chi connectivity index (χ2n) is 4.39. The van der Waals surface area contributed by atoms with Gasteiger partial charge in [0.2, 0.25) is 0 Å². The fraction of sp³-hybridized carbons (Fsp3) is 0.889. The zero-order valence-electron chi connectivity index (χ0n) is 7.89. The summed E-state index contributed by atoms with van der Waals surface area (Å²) >= 11 is 0. The minimum Gasteiger partial charge on any atom is -0.462 e. The first kappa shape index (κ1) is 8.57. The lowest BCUT2D eigenvalue weighted by Crippen LogP contribution is -2.36. The van der Waals surface area contributed by atoms with Crippen molar-refractivity contribution in [1.82, 2.24) is 0 Å². The number of carbonyl (C=O) groups excluding carboxylic acids is 1. The Hall–Kier alpha value is -0.530. The summed E-state index contributed by atoms with van der Waals surface area (Å²) in [5.74, 6) is -0.0741. The van der Waals surface area contributed by atoms with Crippen LogP contribution >= 0.6 is 0 Å².